The molecule has 1 N–H and O–H groups in total. The number of ether oxygens (including phenoxy) is 1. The molecule has 8 heteroatoms. The summed E-state index contributed by atoms with van der Waals surface area (Å²) in [6.07, 6.45) is 4.25. The molecule has 3 rings (SSSR count). The fraction of sp³-hybridized carbons (Fsp3) is 0.429. The highest BCUT2D eigenvalue weighted by atomic mass is 32.2. The van der Waals surface area contributed by atoms with Crippen LogP contribution in [0.4, 0.5) is 0 Å². The molecule has 0 radical (unpaired) electrons. The molecule has 7 nitrogen and oxygen atoms in total. The van der Waals surface area contributed by atoms with Gasteiger partial charge in [-0.05, 0) is 12.1 Å². The maximum Gasteiger partial charge on any atom is 0.242 e. The smallest absolute Gasteiger partial charge is 0.242 e. The molecule has 3 heterocycles. The molecule has 2 aromatic rings. The fourth-order valence-corrected chi connectivity index (χ4v) is 3.57. The summed E-state index contributed by atoms with van der Waals surface area (Å²) in [4.78, 5) is 3.99. The quantitative estimate of drug-likeness (QED) is 0.861. The fourth-order valence-electron chi connectivity index (χ4n) is 2.58. The molecule has 0 atom stereocenters. The van der Waals surface area contributed by atoms with Crippen LogP contribution in [-0.4, -0.2) is 36.3 Å². The number of aryl methyl sites for hydroxylation is 1. The van der Waals surface area contributed by atoms with Crippen LogP contribution in [0.3, 0.4) is 0 Å². The number of nitrogens with one attached hydrogen (secondary N) is 1. The Morgan fingerprint density at radius 3 is 3.09 bits per heavy atom. The third kappa shape index (κ3) is 3.03. The van der Waals surface area contributed by atoms with Gasteiger partial charge in [-0.1, -0.05) is 0 Å². The van der Waals surface area contributed by atoms with Crippen LogP contribution in [-0.2, 0) is 41.3 Å². The lowest BCUT2D eigenvalue weighted by atomic mass is 10.1. The first-order chi connectivity index (χ1) is 10.6. The number of pyridine rings is 1. The highest BCUT2D eigenvalue weighted by molar-refractivity contribution is 7.89. The Morgan fingerprint density at radius 2 is 2.32 bits per heavy atom. The summed E-state index contributed by atoms with van der Waals surface area (Å²) in [7, 11) is -1.61. The SMILES string of the molecule is Cn1nc(CCNS(=O)(=O)c2cccnc2)c2c1CCOC2. The van der Waals surface area contributed by atoms with Gasteiger partial charge in [-0.15, -0.1) is 0 Å². The Bertz CT molecular complexity index is 756. The van der Waals surface area contributed by atoms with E-state index < -0.39 is 10.0 Å². The lowest BCUT2D eigenvalue weighted by Gasteiger charge is -2.13. The predicted molar refractivity (Wildman–Crippen MR) is 79.7 cm³/mol. The highest BCUT2D eigenvalue weighted by Gasteiger charge is 2.20. The maximum atomic E-state index is 12.1. The second-order valence-corrected chi connectivity index (χ2v) is 6.90. The minimum Gasteiger partial charge on any atom is -0.376 e. The average Bonchev–Trinajstić information content (AvgIpc) is 2.85. The molecule has 2 aromatic heterocycles. The van der Waals surface area contributed by atoms with Crippen molar-refractivity contribution in [2.24, 2.45) is 7.05 Å². The van der Waals surface area contributed by atoms with Crippen molar-refractivity contribution in [2.45, 2.75) is 24.3 Å². The van der Waals surface area contributed by atoms with Crippen molar-refractivity contribution in [3.05, 3.63) is 41.5 Å². The number of nitrogens with zero attached hydrogens (tertiary/aromatic N) is 3. The molecule has 0 unspecified atom stereocenters. The summed E-state index contributed by atoms with van der Waals surface area (Å²) in [5, 5.41) is 4.47. The van der Waals surface area contributed by atoms with Gasteiger partial charge in [0.2, 0.25) is 10.0 Å². The Hall–Kier alpha value is -1.77. The van der Waals surface area contributed by atoms with E-state index in [1.54, 1.807) is 12.3 Å². The third-order valence-corrected chi connectivity index (χ3v) is 5.13. The van der Waals surface area contributed by atoms with Gasteiger partial charge in [-0.3, -0.25) is 9.67 Å². The zero-order chi connectivity index (χ0) is 15.6. The standard InChI is InChI=1S/C14H18N4O3S/c1-18-14-5-8-21-10-12(14)13(17-18)4-7-16-22(19,20)11-3-2-6-15-9-11/h2-3,6,9,16H,4-5,7-8,10H2,1H3. The lowest BCUT2D eigenvalue weighted by Crippen LogP contribution is -2.26. The second kappa shape index (κ2) is 6.15. The molecule has 1 aliphatic heterocycles. The van der Waals surface area contributed by atoms with Crippen LogP contribution in [0.1, 0.15) is 17.0 Å². The first-order valence-corrected chi connectivity index (χ1v) is 8.57. The van der Waals surface area contributed by atoms with Crippen molar-refractivity contribution < 1.29 is 13.2 Å². The van der Waals surface area contributed by atoms with Crippen LogP contribution in [0.25, 0.3) is 0 Å². The minimum atomic E-state index is -3.52. The number of rotatable bonds is 5. The molecule has 22 heavy (non-hydrogen) atoms. The zero-order valence-corrected chi connectivity index (χ0v) is 13.1. The Labute approximate surface area is 129 Å². The lowest BCUT2D eigenvalue weighted by molar-refractivity contribution is 0.108. The molecular formula is C14H18N4O3S. The van der Waals surface area contributed by atoms with E-state index in [2.05, 4.69) is 14.8 Å². The van der Waals surface area contributed by atoms with Gasteiger partial charge in [-0.25, -0.2) is 13.1 Å². The van der Waals surface area contributed by atoms with Crippen molar-refractivity contribution in [2.75, 3.05) is 13.2 Å². The monoisotopic (exact) mass is 322 g/mol. The first kappa shape index (κ1) is 15.1. The van der Waals surface area contributed by atoms with Crippen molar-refractivity contribution in [3.63, 3.8) is 0 Å². The van der Waals surface area contributed by atoms with Crippen LogP contribution in [0.5, 0.6) is 0 Å². The van der Waals surface area contributed by atoms with Gasteiger partial charge in [0.1, 0.15) is 4.90 Å². The number of sulfonamides is 1. The van der Waals surface area contributed by atoms with Gasteiger partial charge in [0, 0.05) is 50.1 Å². The van der Waals surface area contributed by atoms with Crippen molar-refractivity contribution in [1.29, 1.82) is 0 Å². The van der Waals surface area contributed by atoms with Crippen LogP contribution >= 0.6 is 0 Å². The molecule has 1 aliphatic rings. The molecule has 0 aliphatic carbocycles. The van der Waals surface area contributed by atoms with E-state index in [0.717, 1.165) is 17.7 Å². The zero-order valence-electron chi connectivity index (χ0n) is 12.3. The largest absolute Gasteiger partial charge is 0.376 e. The van der Waals surface area contributed by atoms with Gasteiger partial charge in [0.25, 0.3) is 0 Å². The molecule has 0 spiro atoms. The van der Waals surface area contributed by atoms with E-state index in [1.807, 2.05) is 11.7 Å². The Kier molecular flexibility index (Phi) is 4.23. The number of hydrogen-bond acceptors (Lipinski definition) is 5. The Balaban J connectivity index is 1.67. The first-order valence-electron chi connectivity index (χ1n) is 7.09. The number of hydrogen-bond donors (Lipinski definition) is 1. The summed E-state index contributed by atoms with van der Waals surface area (Å²) in [5.74, 6) is 0. The van der Waals surface area contributed by atoms with E-state index in [0.29, 0.717) is 26.2 Å². The summed E-state index contributed by atoms with van der Waals surface area (Å²) >= 11 is 0. The van der Waals surface area contributed by atoms with E-state index in [4.69, 9.17) is 4.74 Å². The van der Waals surface area contributed by atoms with E-state index in [-0.39, 0.29) is 4.90 Å². The van der Waals surface area contributed by atoms with Gasteiger partial charge < -0.3 is 4.74 Å². The van der Waals surface area contributed by atoms with E-state index in [9.17, 15) is 8.42 Å². The van der Waals surface area contributed by atoms with E-state index >= 15 is 0 Å². The van der Waals surface area contributed by atoms with Crippen LogP contribution in [0.2, 0.25) is 0 Å². The highest BCUT2D eigenvalue weighted by Crippen LogP contribution is 2.20. The van der Waals surface area contributed by atoms with Crippen LogP contribution in [0, 0.1) is 0 Å². The average molecular weight is 322 g/mol. The summed E-state index contributed by atoms with van der Waals surface area (Å²) in [6, 6.07) is 3.12. The molecule has 0 amide bonds. The third-order valence-electron chi connectivity index (χ3n) is 3.69. The van der Waals surface area contributed by atoms with Crippen molar-refractivity contribution in [1.82, 2.24) is 19.5 Å². The Morgan fingerprint density at radius 1 is 1.45 bits per heavy atom. The van der Waals surface area contributed by atoms with E-state index in [1.165, 1.54) is 18.0 Å². The van der Waals surface area contributed by atoms with Crippen LogP contribution in [0.15, 0.2) is 29.4 Å². The number of fused-ring (bicyclic) bond motifs is 1. The second-order valence-electron chi connectivity index (χ2n) is 5.13. The molecular weight excluding hydrogens is 304 g/mol. The molecule has 118 valence electrons. The van der Waals surface area contributed by atoms with Crippen LogP contribution < -0.4 is 4.72 Å². The predicted octanol–water partition coefficient (Wildman–Crippen LogP) is 0.409. The normalized spacial score (nSPS) is 14.8. The van der Waals surface area contributed by atoms with Gasteiger partial charge in [0.15, 0.2) is 0 Å². The molecule has 0 bridgehead atoms. The summed E-state index contributed by atoms with van der Waals surface area (Å²) in [5.41, 5.74) is 3.16. The molecule has 0 saturated heterocycles. The van der Waals surface area contributed by atoms with Gasteiger partial charge in [-0.2, -0.15) is 5.10 Å². The summed E-state index contributed by atoms with van der Waals surface area (Å²) in [6.45, 7) is 1.55. The topological polar surface area (TPSA) is 86.1 Å². The summed E-state index contributed by atoms with van der Waals surface area (Å²) < 4.78 is 34.1. The molecule has 0 aromatic carbocycles. The minimum absolute atomic E-state index is 0.168. The van der Waals surface area contributed by atoms with Gasteiger partial charge in [0.05, 0.1) is 18.9 Å². The van der Waals surface area contributed by atoms with Crippen molar-refractivity contribution >= 4 is 10.0 Å². The van der Waals surface area contributed by atoms with Gasteiger partial charge >= 0.3 is 0 Å². The van der Waals surface area contributed by atoms with Crippen molar-refractivity contribution in [3.8, 4) is 0 Å². The molecule has 0 saturated carbocycles. The molecule has 0 fully saturated rings. The number of aromatic nitrogens is 3. The maximum absolute atomic E-state index is 12.1.